The van der Waals surface area contributed by atoms with Crippen molar-refractivity contribution in [2.75, 3.05) is 13.2 Å². The smallest absolute Gasteiger partial charge is 0.302 e. The fourth-order valence-corrected chi connectivity index (χ4v) is 0.525. The van der Waals surface area contributed by atoms with Crippen LogP contribution in [-0.4, -0.2) is 35.0 Å². The number of aliphatic hydroxyl groups is 2. The van der Waals surface area contributed by atoms with Crippen LogP contribution in [0.5, 0.6) is 0 Å². The van der Waals surface area contributed by atoms with Gasteiger partial charge in [-0.1, -0.05) is 6.58 Å². The zero-order chi connectivity index (χ0) is 9.78. The van der Waals surface area contributed by atoms with E-state index in [4.69, 9.17) is 5.11 Å². The zero-order valence-electron chi connectivity index (χ0n) is 7.33. The largest absolute Gasteiger partial charge is 0.462 e. The summed E-state index contributed by atoms with van der Waals surface area (Å²) in [6.07, 6.45) is 0. The molecule has 0 fully saturated rings. The average molecular weight is 174 g/mol. The molecule has 0 aromatic rings. The van der Waals surface area contributed by atoms with Crippen LogP contribution in [0.1, 0.15) is 13.8 Å². The normalized spacial score (nSPS) is 15.0. The Morgan fingerprint density at radius 2 is 2.08 bits per heavy atom. The van der Waals surface area contributed by atoms with Crippen molar-refractivity contribution in [3.05, 3.63) is 12.2 Å². The number of ether oxygens (including phenoxy) is 1. The van der Waals surface area contributed by atoms with Crippen molar-refractivity contribution in [3.63, 3.8) is 0 Å². The number of carbonyl (C=O) groups excluding carboxylic acids is 1. The lowest BCUT2D eigenvalue weighted by Crippen LogP contribution is -2.40. The number of rotatable bonds is 4. The highest BCUT2D eigenvalue weighted by atomic mass is 16.5. The molecule has 0 aromatic carbocycles. The molecule has 0 saturated heterocycles. The lowest BCUT2D eigenvalue weighted by atomic mass is 9.99. The van der Waals surface area contributed by atoms with Crippen LogP contribution in [0.4, 0.5) is 0 Å². The van der Waals surface area contributed by atoms with Gasteiger partial charge >= 0.3 is 5.97 Å². The summed E-state index contributed by atoms with van der Waals surface area (Å²) in [6.45, 7) is 5.50. The van der Waals surface area contributed by atoms with Crippen LogP contribution in [0.15, 0.2) is 12.2 Å². The molecule has 0 heterocycles. The topological polar surface area (TPSA) is 66.8 Å². The molecule has 0 aliphatic carbocycles. The number of aliphatic hydroxyl groups excluding tert-OH is 1. The van der Waals surface area contributed by atoms with Crippen LogP contribution in [-0.2, 0) is 9.53 Å². The Morgan fingerprint density at radius 1 is 1.58 bits per heavy atom. The summed E-state index contributed by atoms with van der Waals surface area (Å²) in [4.78, 5) is 10.4. The maximum Gasteiger partial charge on any atom is 0.302 e. The van der Waals surface area contributed by atoms with Crippen LogP contribution >= 0.6 is 0 Å². The SMILES string of the molecule is C=C(C)[C@](O)(CO)COC(C)=O. The van der Waals surface area contributed by atoms with E-state index in [-0.39, 0.29) is 6.61 Å². The van der Waals surface area contributed by atoms with Gasteiger partial charge in [0.05, 0.1) is 6.61 Å². The molecular formula is C8H14O4. The first-order chi connectivity index (χ1) is 5.42. The zero-order valence-corrected chi connectivity index (χ0v) is 7.33. The third-order valence-electron chi connectivity index (χ3n) is 1.57. The highest BCUT2D eigenvalue weighted by Crippen LogP contribution is 2.14. The van der Waals surface area contributed by atoms with Gasteiger partial charge in [-0.25, -0.2) is 0 Å². The first-order valence-electron chi connectivity index (χ1n) is 3.55. The van der Waals surface area contributed by atoms with Crippen molar-refractivity contribution >= 4 is 5.97 Å². The van der Waals surface area contributed by atoms with Crippen LogP contribution in [0.25, 0.3) is 0 Å². The molecule has 0 aliphatic heterocycles. The lowest BCUT2D eigenvalue weighted by molar-refractivity contribution is -0.148. The first kappa shape index (κ1) is 11.1. The molecular weight excluding hydrogens is 160 g/mol. The number of hydrogen-bond acceptors (Lipinski definition) is 4. The molecule has 0 saturated carbocycles. The van der Waals surface area contributed by atoms with Gasteiger partial charge < -0.3 is 14.9 Å². The van der Waals surface area contributed by atoms with Gasteiger partial charge in [-0.05, 0) is 12.5 Å². The summed E-state index contributed by atoms with van der Waals surface area (Å²) < 4.78 is 4.55. The average Bonchev–Trinajstić information content (AvgIpc) is 1.99. The van der Waals surface area contributed by atoms with Crippen molar-refractivity contribution in [3.8, 4) is 0 Å². The molecule has 0 unspecified atom stereocenters. The Bertz CT molecular complexity index is 187. The Balaban J connectivity index is 4.15. The number of esters is 1. The maximum atomic E-state index is 10.4. The van der Waals surface area contributed by atoms with Gasteiger partial charge in [0, 0.05) is 6.92 Å². The van der Waals surface area contributed by atoms with Crippen molar-refractivity contribution in [2.24, 2.45) is 0 Å². The molecule has 0 amide bonds. The minimum Gasteiger partial charge on any atom is -0.462 e. The van der Waals surface area contributed by atoms with E-state index in [9.17, 15) is 9.90 Å². The Labute approximate surface area is 71.5 Å². The van der Waals surface area contributed by atoms with Crippen molar-refractivity contribution in [1.29, 1.82) is 0 Å². The molecule has 4 heteroatoms. The quantitative estimate of drug-likeness (QED) is 0.459. The van der Waals surface area contributed by atoms with Crippen molar-refractivity contribution < 1.29 is 19.7 Å². The van der Waals surface area contributed by atoms with Gasteiger partial charge in [-0.2, -0.15) is 0 Å². The van der Waals surface area contributed by atoms with Gasteiger partial charge in [-0.3, -0.25) is 4.79 Å². The molecule has 2 N–H and O–H groups in total. The molecule has 4 nitrogen and oxygen atoms in total. The van der Waals surface area contributed by atoms with E-state index >= 15 is 0 Å². The van der Waals surface area contributed by atoms with E-state index < -0.39 is 18.2 Å². The Morgan fingerprint density at radius 3 is 2.33 bits per heavy atom. The fraction of sp³-hybridized carbons (Fsp3) is 0.625. The summed E-state index contributed by atoms with van der Waals surface area (Å²) >= 11 is 0. The highest BCUT2D eigenvalue weighted by molar-refractivity contribution is 5.66. The van der Waals surface area contributed by atoms with E-state index in [1.807, 2.05) is 0 Å². The maximum absolute atomic E-state index is 10.4. The van der Waals surface area contributed by atoms with Crippen LogP contribution in [0.2, 0.25) is 0 Å². The monoisotopic (exact) mass is 174 g/mol. The van der Waals surface area contributed by atoms with Crippen molar-refractivity contribution in [1.82, 2.24) is 0 Å². The molecule has 0 bridgehead atoms. The molecule has 0 spiro atoms. The lowest BCUT2D eigenvalue weighted by Gasteiger charge is -2.25. The van der Waals surface area contributed by atoms with Gasteiger partial charge in [0.2, 0.25) is 0 Å². The summed E-state index contributed by atoms with van der Waals surface area (Å²) in [6, 6.07) is 0. The Hall–Kier alpha value is -0.870. The molecule has 0 aliphatic rings. The minimum atomic E-state index is -1.51. The molecule has 0 rings (SSSR count). The second kappa shape index (κ2) is 4.23. The summed E-state index contributed by atoms with van der Waals surface area (Å²) in [7, 11) is 0. The minimum absolute atomic E-state index is 0.256. The Kier molecular flexibility index (Phi) is 3.92. The number of carbonyl (C=O) groups is 1. The van der Waals surface area contributed by atoms with Crippen LogP contribution < -0.4 is 0 Å². The summed E-state index contributed by atoms with van der Waals surface area (Å²) in [5.41, 5.74) is -1.14. The second-order valence-electron chi connectivity index (χ2n) is 2.75. The number of hydrogen-bond donors (Lipinski definition) is 2. The summed E-state index contributed by atoms with van der Waals surface area (Å²) in [5, 5.41) is 18.3. The van der Waals surface area contributed by atoms with Gasteiger partial charge in [0.15, 0.2) is 0 Å². The van der Waals surface area contributed by atoms with Gasteiger partial charge in [0.25, 0.3) is 0 Å². The van der Waals surface area contributed by atoms with Gasteiger partial charge in [0.1, 0.15) is 12.2 Å². The predicted octanol–water partition coefficient (Wildman–Crippen LogP) is -0.151. The fourth-order valence-electron chi connectivity index (χ4n) is 0.525. The van der Waals surface area contributed by atoms with E-state index in [1.54, 1.807) is 6.92 Å². The molecule has 0 aromatic heterocycles. The van der Waals surface area contributed by atoms with Crippen LogP contribution in [0, 0.1) is 0 Å². The highest BCUT2D eigenvalue weighted by Gasteiger charge is 2.28. The van der Waals surface area contributed by atoms with E-state index in [0.29, 0.717) is 5.57 Å². The molecule has 1 atom stereocenters. The van der Waals surface area contributed by atoms with Gasteiger partial charge in [-0.15, -0.1) is 0 Å². The van der Waals surface area contributed by atoms with E-state index in [1.165, 1.54) is 6.92 Å². The molecule has 70 valence electrons. The van der Waals surface area contributed by atoms with E-state index in [0.717, 1.165) is 0 Å². The summed E-state index contributed by atoms with van der Waals surface area (Å²) in [5.74, 6) is -0.497. The first-order valence-corrected chi connectivity index (χ1v) is 3.55. The third-order valence-corrected chi connectivity index (χ3v) is 1.57. The van der Waals surface area contributed by atoms with E-state index in [2.05, 4.69) is 11.3 Å². The standard InChI is InChI=1S/C8H14O4/c1-6(2)8(11,4-9)5-12-7(3)10/h9,11H,1,4-5H2,2-3H3/t8-/m0/s1. The predicted molar refractivity (Wildman–Crippen MR) is 43.5 cm³/mol. The molecule has 12 heavy (non-hydrogen) atoms. The van der Waals surface area contributed by atoms with Crippen LogP contribution in [0.3, 0.4) is 0 Å². The van der Waals surface area contributed by atoms with Crippen molar-refractivity contribution in [2.45, 2.75) is 19.4 Å². The molecule has 0 radical (unpaired) electrons. The second-order valence-corrected chi connectivity index (χ2v) is 2.75. The third kappa shape index (κ3) is 3.02.